The molecule has 0 fully saturated rings. The largest absolute Gasteiger partial charge is 0.478 e. The molecule has 0 amide bonds. The van der Waals surface area contributed by atoms with E-state index in [2.05, 4.69) is 4.98 Å². The molecule has 0 radical (unpaired) electrons. The number of hydrogen-bond acceptors (Lipinski definition) is 4. The first-order chi connectivity index (χ1) is 8.11. The van der Waals surface area contributed by atoms with Gasteiger partial charge in [-0.25, -0.2) is 4.98 Å². The van der Waals surface area contributed by atoms with Crippen LogP contribution >= 0.6 is 11.6 Å². The summed E-state index contributed by atoms with van der Waals surface area (Å²) in [7, 11) is 0. The fraction of sp³-hybridized carbons (Fsp3) is 0.182. The lowest BCUT2D eigenvalue weighted by Gasteiger charge is -2.05. The van der Waals surface area contributed by atoms with Gasteiger partial charge in [0.1, 0.15) is 0 Å². The molecule has 0 saturated heterocycles. The highest BCUT2D eigenvalue weighted by Gasteiger charge is 2.10. The molecule has 1 aromatic heterocycles. The molecule has 0 saturated carbocycles. The number of ether oxygens (including phenoxy) is 1. The Morgan fingerprint density at radius 1 is 1.47 bits per heavy atom. The van der Waals surface area contributed by atoms with Crippen molar-refractivity contribution in [2.45, 2.75) is 6.92 Å². The third-order valence-electron chi connectivity index (χ3n) is 2.22. The lowest BCUT2D eigenvalue weighted by atomic mass is 10.2. The number of halogens is 1. The van der Waals surface area contributed by atoms with Crippen LogP contribution < -0.4 is 4.74 Å². The van der Waals surface area contributed by atoms with Gasteiger partial charge in [0.2, 0.25) is 5.88 Å². The fourth-order valence-electron chi connectivity index (χ4n) is 1.49. The van der Waals surface area contributed by atoms with Gasteiger partial charge in [0.25, 0.3) is 5.69 Å². The number of fused-ring (bicyclic) bond motifs is 1. The van der Waals surface area contributed by atoms with Crippen molar-refractivity contribution in [1.29, 1.82) is 0 Å². The van der Waals surface area contributed by atoms with Gasteiger partial charge >= 0.3 is 0 Å². The van der Waals surface area contributed by atoms with Crippen LogP contribution in [-0.2, 0) is 0 Å². The van der Waals surface area contributed by atoms with Gasteiger partial charge in [-0.15, -0.1) is 0 Å². The maximum absolute atomic E-state index is 10.6. The molecule has 0 bridgehead atoms. The number of non-ortho nitro benzene ring substituents is 1. The summed E-state index contributed by atoms with van der Waals surface area (Å²) in [5, 5.41) is 11.6. The van der Waals surface area contributed by atoms with Gasteiger partial charge in [0.05, 0.1) is 22.1 Å². The van der Waals surface area contributed by atoms with Gasteiger partial charge in [-0.3, -0.25) is 10.1 Å². The smallest absolute Gasteiger partial charge is 0.270 e. The van der Waals surface area contributed by atoms with E-state index in [0.717, 1.165) is 0 Å². The topological polar surface area (TPSA) is 65.3 Å². The zero-order valence-electron chi connectivity index (χ0n) is 9.01. The zero-order chi connectivity index (χ0) is 12.4. The highest BCUT2D eigenvalue weighted by Crippen LogP contribution is 2.29. The van der Waals surface area contributed by atoms with E-state index in [1.54, 1.807) is 12.1 Å². The molecule has 0 atom stereocenters. The molecule has 0 N–H and O–H groups in total. The summed E-state index contributed by atoms with van der Waals surface area (Å²) in [4.78, 5) is 14.4. The van der Waals surface area contributed by atoms with Crippen molar-refractivity contribution < 1.29 is 9.66 Å². The highest BCUT2D eigenvalue weighted by molar-refractivity contribution is 6.35. The summed E-state index contributed by atoms with van der Waals surface area (Å²) in [6.07, 6.45) is 0. The number of nitro benzene ring substituents is 1. The normalized spacial score (nSPS) is 10.5. The molecular weight excluding hydrogens is 244 g/mol. The van der Waals surface area contributed by atoms with E-state index in [4.69, 9.17) is 16.3 Å². The summed E-state index contributed by atoms with van der Waals surface area (Å²) < 4.78 is 5.24. The van der Waals surface area contributed by atoms with Gasteiger partial charge in [-0.2, -0.15) is 0 Å². The van der Waals surface area contributed by atoms with Crippen LogP contribution in [-0.4, -0.2) is 16.5 Å². The van der Waals surface area contributed by atoms with E-state index < -0.39 is 4.92 Å². The predicted octanol–water partition coefficient (Wildman–Crippen LogP) is 3.20. The average molecular weight is 253 g/mol. The standard InChI is InChI=1S/C11H9ClN2O3/c1-2-17-11-6-9(12)8-5-7(14(15)16)3-4-10(8)13-11/h3-6H,2H2,1H3. The Morgan fingerprint density at radius 2 is 2.24 bits per heavy atom. The maximum atomic E-state index is 10.6. The first kappa shape index (κ1) is 11.6. The minimum Gasteiger partial charge on any atom is -0.478 e. The quantitative estimate of drug-likeness (QED) is 0.621. The third kappa shape index (κ3) is 2.29. The van der Waals surface area contributed by atoms with Crippen molar-refractivity contribution in [3.8, 4) is 5.88 Å². The SMILES string of the molecule is CCOc1cc(Cl)c2cc([N+](=O)[O-])ccc2n1. The van der Waals surface area contributed by atoms with Crippen LogP contribution in [0.5, 0.6) is 5.88 Å². The Morgan fingerprint density at radius 3 is 2.88 bits per heavy atom. The molecule has 1 aromatic carbocycles. The molecule has 6 heteroatoms. The molecule has 1 heterocycles. The van der Waals surface area contributed by atoms with Crippen LogP contribution in [0.2, 0.25) is 5.02 Å². The fourth-order valence-corrected chi connectivity index (χ4v) is 1.73. The minimum atomic E-state index is -0.466. The average Bonchev–Trinajstić information content (AvgIpc) is 2.29. The molecule has 0 aliphatic rings. The van der Waals surface area contributed by atoms with E-state index in [0.29, 0.717) is 28.4 Å². The number of nitrogens with zero attached hydrogens (tertiary/aromatic N) is 2. The molecule has 88 valence electrons. The summed E-state index contributed by atoms with van der Waals surface area (Å²) in [6.45, 7) is 2.33. The van der Waals surface area contributed by atoms with Crippen LogP contribution in [0.1, 0.15) is 6.92 Å². The van der Waals surface area contributed by atoms with Crippen molar-refractivity contribution in [2.75, 3.05) is 6.61 Å². The second-order valence-electron chi connectivity index (χ2n) is 3.33. The van der Waals surface area contributed by atoms with Gasteiger partial charge in [0, 0.05) is 23.6 Å². The molecule has 0 unspecified atom stereocenters. The van der Waals surface area contributed by atoms with Gasteiger partial charge < -0.3 is 4.74 Å². The van der Waals surface area contributed by atoms with Gasteiger partial charge in [-0.05, 0) is 13.0 Å². The summed E-state index contributed by atoms with van der Waals surface area (Å²) >= 11 is 6.03. The molecule has 0 aliphatic carbocycles. The van der Waals surface area contributed by atoms with Crippen molar-refractivity contribution in [3.05, 3.63) is 39.4 Å². The minimum absolute atomic E-state index is 0.00893. The summed E-state index contributed by atoms with van der Waals surface area (Å²) in [5.41, 5.74) is 0.567. The lowest BCUT2D eigenvalue weighted by molar-refractivity contribution is -0.384. The van der Waals surface area contributed by atoms with Crippen LogP contribution in [0.25, 0.3) is 10.9 Å². The first-order valence-corrected chi connectivity index (χ1v) is 5.37. The van der Waals surface area contributed by atoms with E-state index in [9.17, 15) is 10.1 Å². The van der Waals surface area contributed by atoms with Gasteiger partial charge in [0.15, 0.2) is 0 Å². The predicted molar refractivity (Wildman–Crippen MR) is 64.6 cm³/mol. The molecule has 5 nitrogen and oxygen atoms in total. The summed E-state index contributed by atoms with van der Waals surface area (Å²) in [5.74, 6) is 0.416. The number of aromatic nitrogens is 1. The third-order valence-corrected chi connectivity index (χ3v) is 2.53. The van der Waals surface area contributed by atoms with E-state index >= 15 is 0 Å². The highest BCUT2D eigenvalue weighted by atomic mass is 35.5. The number of pyridine rings is 1. The van der Waals surface area contributed by atoms with Crippen molar-refractivity contribution in [3.63, 3.8) is 0 Å². The summed E-state index contributed by atoms with van der Waals surface area (Å²) in [6, 6.07) is 5.90. The van der Waals surface area contributed by atoms with Crippen LogP contribution in [0, 0.1) is 10.1 Å². The van der Waals surface area contributed by atoms with Crippen molar-refractivity contribution in [1.82, 2.24) is 4.98 Å². The molecule has 2 aromatic rings. The Hall–Kier alpha value is -1.88. The number of hydrogen-bond donors (Lipinski definition) is 0. The molecular formula is C11H9ClN2O3. The van der Waals surface area contributed by atoms with Crippen molar-refractivity contribution >= 4 is 28.2 Å². The Balaban J connectivity index is 2.60. The Bertz CT molecular complexity index is 586. The van der Waals surface area contributed by atoms with Crippen LogP contribution in [0.15, 0.2) is 24.3 Å². The number of nitro groups is 1. The van der Waals surface area contributed by atoms with E-state index in [1.807, 2.05) is 6.92 Å². The van der Waals surface area contributed by atoms with Gasteiger partial charge in [-0.1, -0.05) is 11.6 Å². The molecule has 2 rings (SSSR count). The van der Waals surface area contributed by atoms with Crippen molar-refractivity contribution in [2.24, 2.45) is 0 Å². The van der Waals surface area contributed by atoms with Crippen LogP contribution in [0.3, 0.4) is 0 Å². The van der Waals surface area contributed by atoms with E-state index in [-0.39, 0.29) is 5.69 Å². The second-order valence-corrected chi connectivity index (χ2v) is 3.74. The Labute approximate surface area is 102 Å². The lowest BCUT2D eigenvalue weighted by Crippen LogP contribution is -1.95. The maximum Gasteiger partial charge on any atom is 0.270 e. The second kappa shape index (κ2) is 4.55. The molecule has 0 spiro atoms. The van der Waals surface area contributed by atoms with E-state index in [1.165, 1.54) is 12.1 Å². The first-order valence-electron chi connectivity index (χ1n) is 4.99. The Kier molecular flexibility index (Phi) is 3.10. The number of rotatable bonds is 3. The monoisotopic (exact) mass is 252 g/mol. The zero-order valence-corrected chi connectivity index (χ0v) is 9.77. The van der Waals surface area contributed by atoms with Crippen LogP contribution in [0.4, 0.5) is 5.69 Å². The molecule has 0 aliphatic heterocycles. The number of benzene rings is 1. The molecule has 17 heavy (non-hydrogen) atoms.